The van der Waals surface area contributed by atoms with Crippen LogP contribution < -0.4 is 0 Å². The summed E-state index contributed by atoms with van der Waals surface area (Å²) in [6, 6.07) is 7.55. The molecule has 0 spiro atoms. The zero-order valence-corrected chi connectivity index (χ0v) is 19.8. The molecule has 8 nitrogen and oxygen atoms in total. The fraction of sp³-hybridized carbons (Fsp3) is 0.500. The van der Waals surface area contributed by atoms with Crippen molar-refractivity contribution in [2.75, 3.05) is 26.2 Å². The van der Waals surface area contributed by atoms with Crippen LogP contribution in [0.15, 0.2) is 30.5 Å². The van der Waals surface area contributed by atoms with Gasteiger partial charge in [0.05, 0.1) is 29.7 Å². The van der Waals surface area contributed by atoms with Crippen molar-refractivity contribution >= 4 is 17.5 Å². The summed E-state index contributed by atoms with van der Waals surface area (Å²) in [5.74, 6) is 2.24. The quantitative estimate of drug-likeness (QED) is 0.575. The number of halogens is 1. The molecule has 0 aliphatic carbocycles. The zero-order chi connectivity index (χ0) is 22.8. The Kier molecular flexibility index (Phi) is 6.46. The van der Waals surface area contributed by atoms with E-state index in [9.17, 15) is 4.79 Å². The van der Waals surface area contributed by atoms with Crippen molar-refractivity contribution in [1.82, 2.24) is 34.3 Å². The van der Waals surface area contributed by atoms with Crippen LogP contribution in [-0.2, 0) is 25.9 Å². The van der Waals surface area contributed by atoms with Crippen LogP contribution in [0.4, 0.5) is 0 Å². The Morgan fingerprint density at radius 3 is 2.70 bits per heavy atom. The Bertz CT molecular complexity index is 1130. The number of piperazine rings is 1. The highest BCUT2D eigenvalue weighted by Crippen LogP contribution is 2.21. The highest BCUT2D eigenvalue weighted by Gasteiger charge is 2.27. The van der Waals surface area contributed by atoms with Gasteiger partial charge in [0.1, 0.15) is 11.6 Å². The Morgan fingerprint density at radius 1 is 1.06 bits per heavy atom. The number of carbonyl (C=O) groups excluding carboxylic acids is 1. The lowest BCUT2D eigenvalue weighted by Crippen LogP contribution is -2.48. The van der Waals surface area contributed by atoms with Crippen LogP contribution in [0.5, 0.6) is 0 Å². The molecule has 0 N–H and O–H groups in total. The van der Waals surface area contributed by atoms with Crippen LogP contribution in [0.3, 0.4) is 0 Å². The molecule has 0 unspecified atom stereocenters. The lowest BCUT2D eigenvalue weighted by atomic mass is 10.1. The molecule has 33 heavy (non-hydrogen) atoms. The normalized spacial score (nSPS) is 17.1. The molecular formula is C24H30ClN7O. The number of rotatable bonds is 5. The summed E-state index contributed by atoms with van der Waals surface area (Å²) < 4.78 is 4.13. The minimum absolute atomic E-state index is 0.0520. The Labute approximate surface area is 199 Å². The fourth-order valence-electron chi connectivity index (χ4n) is 4.86. The monoisotopic (exact) mass is 467 g/mol. The second-order valence-corrected chi connectivity index (χ2v) is 9.25. The van der Waals surface area contributed by atoms with Gasteiger partial charge < -0.3 is 9.47 Å². The molecule has 2 aliphatic heterocycles. The first-order valence-electron chi connectivity index (χ1n) is 11.9. The van der Waals surface area contributed by atoms with Gasteiger partial charge in [-0.1, -0.05) is 31.0 Å². The van der Waals surface area contributed by atoms with E-state index in [0.29, 0.717) is 30.1 Å². The van der Waals surface area contributed by atoms with E-state index in [1.807, 2.05) is 40.8 Å². The average molecular weight is 468 g/mol. The Hall–Kier alpha value is -2.71. The summed E-state index contributed by atoms with van der Waals surface area (Å²) in [7, 11) is 0. The summed E-state index contributed by atoms with van der Waals surface area (Å²) in [5.41, 5.74) is 2.46. The standard InChI is InChI=1S/C24H30ClN7O/c1-2-21-20(16-26-32(21)19-8-6-7-18(25)15-19)24(33)30-13-11-29(12-14-30)17-23-28-27-22-9-4-3-5-10-31(22)23/h6-8,15-16H,2-5,9-14,17H2,1H3. The molecule has 0 radical (unpaired) electrons. The van der Waals surface area contributed by atoms with Gasteiger partial charge in [-0.15, -0.1) is 10.2 Å². The molecular weight excluding hydrogens is 438 g/mol. The molecule has 5 rings (SSSR count). The number of aryl methyl sites for hydroxylation is 1. The summed E-state index contributed by atoms with van der Waals surface area (Å²) in [4.78, 5) is 17.7. The van der Waals surface area contributed by atoms with Crippen molar-refractivity contribution in [2.45, 2.75) is 52.1 Å². The molecule has 3 aromatic rings. The van der Waals surface area contributed by atoms with Gasteiger partial charge >= 0.3 is 0 Å². The maximum absolute atomic E-state index is 13.3. The van der Waals surface area contributed by atoms with E-state index in [4.69, 9.17) is 11.6 Å². The summed E-state index contributed by atoms with van der Waals surface area (Å²) >= 11 is 6.16. The molecule has 0 saturated carbocycles. The number of nitrogens with zero attached hydrogens (tertiary/aromatic N) is 7. The molecule has 174 valence electrons. The molecule has 1 fully saturated rings. The van der Waals surface area contributed by atoms with Gasteiger partial charge in [-0.05, 0) is 37.5 Å². The van der Waals surface area contributed by atoms with E-state index in [2.05, 4.69) is 24.8 Å². The van der Waals surface area contributed by atoms with Crippen LogP contribution in [0.1, 0.15) is 53.9 Å². The van der Waals surface area contributed by atoms with Gasteiger partial charge in [-0.25, -0.2) is 4.68 Å². The molecule has 2 aliphatic rings. The molecule has 0 bridgehead atoms. The van der Waals surface area contributed by atoms with Gasteiger partial charge in [0, 0.05) is 44.2 Å². The lowest BCUT2D eigenvalue weighted by molar-refractivity contribution is 0.0622. The lowest BCUT2D eigenvalue weighted by Gasteiger charge is -2.34. The van der Waals surface area contributed by atoms with Crippen molar-refractivity contribution in [1.29, 1.82) is 0 Å². The third-order valence-electron chi connectivity index (χ3n) is 6.70. The molecule has 9 heteroatoms. The highest BCUT2D eigenvalue weighted by atomic mass is 35.5. The van der Waals surface area contributed by atoms with Gasteiger partial charge in [0.25, 0.3) is 5.91 Å². The summed E-state index contributed by atoms with van der Waals surface area (Å²) in [6.07, 6.45) is 7.09. The van der Waals surface area contributed by atoms with Crippen LogP contribution in [0.25, 0.3) is 5.69 Å². The second kappa shape index (κ2) is 9.65. The second-order valence-electron chi connectivity index (χ2n) is 8.81. The minimum atomic E-state index is 0.0520. The maximum Gasteiger partial charge on any atom is 0.257 e. The van der Waals surface area contributed by atoms with E-state index in [1.165, 1.54) is 19.3 Å². The van der Waals surface area contributed by atoms with Crippen LogP contribution in [0, 0.1) is 0 Å². The van der Waals surface area contributed by atoms with Gasteiger partial charge in [-0.3, -0.25) is 9.69 Å². The number of hydrogen-bond donors (Lipinski definition) is 0. The number of fused-ring (bicyclic) bond motifs is 1. The fourth-order valence-corrected chi connectivity index (χ4v) is 5.05. The van der Waals surface area contributed by atoms with E-state index in [-0.39, 0.29) is 5.91 Å². The van der Waals surface area contributed by atoms with Gasteiger partial charge in [-0.2, -0.15) is 5.10 Å². The predicted molar refractivity (Wildman–Crippen MR) is 127 cm³/mol. The largest absolute Gasteiger partial charge is 0.336 e. The van der Waals surface area contributed by atoms with Gasteiger partial charge in [0.15, 0.2) is 0 Å². The highest BCUT2D eigenvalue weighted by molar-refractivity contribution is 6.30. The van der Waals surface area contributed by atoms with E-state index in [1.54, 1.807) is 6.20 Å². The van der Waals surface area contributed by atoms with Crippen molar-refractivity contribution in [3.63, 3.8) is 0 Å². The SMILES string of the molecule is CCc1c(C(=O)N2CCN(Cc3nnc4n3CCCCC4)CC2)cnn1-c1cccc(Cl)c1. The topological polar surface area (TPSA) is 72.1 Å². The molecule has 1 aromatic carbocycles. The third-order valence-corrected chi connectivity index (χ3v) is 6.93. The van der Waals surface area contributed by atoms with Crippen molar-refractivity contribution < 1.29 is 4.79 Å². The first-order chi connectivity index (χ1) is 16.1. The predicted octanol–water partition coefficient (Wildman–Crippen LogP) is 3.36. The van der Waals surface area contributed by atoms with E-state index >= 15 is 0 Å². The molecule has 2 aromatic heterocycles. The Morgan fingerprint density at radius 2 is 1.91 bits per heavy atom. The molecule has 4 heterocycles. The van der Waals surface area contributed by atoms with Crippen molar-refractivity contribution in [3.05, 3.63) is 58.4 Å². The third kappa shape index (κ3) is 4.54. The first kappa shape index (κ1) is 22.1. The van der Waals surface area contributed by atoms with Crippen molar-refractivity contribution in [2.24, 2.45) is 0 Å². The number of hydrogen-bond acceptors (Lipinski definition) is 5. The van der Waals surface area contributed by atoms with Gasteiger partial charge in [0.2, 0.25) is 0 Å². The van der Waals surface area contributed by atoms with Crippen LogP contribution >= 0.6 is 11.6 Å². The molecule has 0 atom stereocenters. The average Bonchev–Trinajstić information content (AvgIpc) is 3.35. The molecule has 1 saturated heterocycles. The van der Waals surface area contributed by atoms with Crippen LogP contribution in [-0.4, -0.2) is 66.4 Å². The molecule has 1 amide bonds. The van der Waals surface area contributed by atoms with E-state index < -0.39 is 0 Å². The zero-order valence-electron chi connectivity index (χ0n) is 19.1. The maximum atomic E-state index is 13.3. The number of amides is 1. The number of aromatic nitrogens is 5. The smallest absolute Gasteiger partial charge is 0.257 e. The number of benzene rings is 1. The summed E-state index contributed by atoms with van der Waals surface area (Å²) in [5, 5.41) is 14.0. The summed E-state index contributed by atoms with van der Waals surface area (Å²) in [6.45, 7) is 6.93. The van der Waals surface area contributed by atoms with E-state index in [0.717, 1.165) is 55.6 Å². The minimum Gasteiger partial charge on any atom is -0.336 e. The number of carbonyl (C=O) groups is 1. The van der Waals surface area contributed by atoms with Crippen molar-refractivity contribution in [3.8, 4) is 5.69 Å². The van der Waals surface area contributed by atoms with Crippen LogP contribution in [0.2, 0.25) is 5.02 Å². The first-order valence-corrected chi connectivity index (χ1v) is 12.3. The Balaban J connectivity index is 1.25.